The molecule has 132 valence electrons. The highest BCUT2D eigenvalue weighted by Crippen LogP contribution is 2.36. The Balaban J connectivity index is 0.000000671. The van der Waals surface area contributed by atoms with Gasteiger partial charge in [0, 0.05) is 5.56 Å². The van der Waals surface area contributed by atoms with Crippen molar-refractivity contribution >= 4 is 12.2 Å². The number of ether oxygens (including phenoxy) is 2. The number of nitrogens with zero attached hydrogens (tertiary/aromatic N) is 1. The second-order valence-corrected chi connectivity index (χ2v) is 4.65. The van der Waals surface area contributed by atoms with E-state index in [4.69, 9.17) is 13.9 Å². The van der Waals surface area contributed by atoms with Crippen LogP contribution in [0.4, 0.5) is 0 Å². The number of hydrogen-bond acceptors (Lipinski definition) is 5. The second kappa shape index (κ2) is 9.11. The minimum absolute atomic E-state index is 0.167. The molecule has 5 heteroatoms. The summed E-state index contributed by atoms with van der Waals surface area (Å²) in [5.74, 6) is 0.946. The molecule has 0 aromatic carbocycles. The molecular formula is C19H27NO4. The molecular weight excluding hydrogens is 306 g/mol. The summed E-state index contributed by atoms with van der Waals surface area (Å²) in [6.45, 7) is 9.71. The molecule has 5 nitrogen and oxygen atoms in total. The molecule has 3 aliphatic rings. The lowest BCUT2D eigenvalue weighted by molar-refractivity contribution is 0.349. The van der Waals surface area contributed by atoms with Gasteiger partial charge < -0.3 is 13.9 Å². The van der Waals surface area contributed by atoms with E-state index in [1.54, 1.807) is 6.92 Å². The van der Waals surface area contributed by atoms with Gasteiger partial charge in [-0.2, -0.15) is 0 Å². The van der Waals surface area contributed by atoms with Gasteiger partial charge in [0.05, 0.1) is 14.2 Å². The fraction of sp³-hybridized carbons (Fsp3) is 0.474. The van der Waals surface area contributed by atoms with Crippen LogP contribution in [-0.2, 0) is 0 Å². The predicted molar refractivity (Wildman–Crippen MR) is 97.3 cm³/mol. The van der Waals surface area contributed by atoms with Gasteiger partial charge in [-0.1, -0.05) is 33.8 Å². The maximum Gasteiger partial charge on any atom is 0.231 e. The first-order chi connectivity index (χ1) is 11.7. The maximum atomic E-state index is 12.3. The largest absolute Gasteiger partial charge is 0.491 e. The highest BCUT2D eigenvalue weighted by Gasteiger charge is 2.25. The van der Waals surface area contributed by atoms with Gasteiger partial charge in [-0.25, -0.2) is 4.98 Å². The SMILES string of the molecule is CC.CC.COc1c2nc3c(oc-2c(C)c(=O)c1OC)=CCCC=3. The van der Waals surface area contributed by atoms with Crippen molar-refractivity contribution < 1.29 is 13.9 Å². The average Bonchev–Trinajstić information content (AvgIpc) is 2.66. The summed E-state index contributed by atoms with van der Waals surface area (Å²) < 4.78 is 16.3. The monoisotopic (exact) mass is 333 g/mol. The van der Waals surface area contributed by atoms with Crippen LogP contribution in [0.1, 0.15) is 46.1 Å². The van der Waals surface area contributed by atoms with Gasteiger partial charge >= 0.3 is 0 Å². The van der Waals surface area contributed by atoms with Crippen molar-refractivity contribution in [3.05, 3.63) is 26.6 Å². The molecule has 0 aromatic heterocycles. The van der Waals surface area contributed by atoms with Gasteiger partial charge in [0.2, 0.25) is 11.2 Å². The number of fused-ring (bicyclic) bond motifs is 2. The van der Waals surface area contributed by atoms with Crippen LogP contribution >= 0.6 is 0 Å². The van der Waals surface area contributed by atoms with E-state index in [1.165, 1.54) is 14.2 Å². The van der Waals surface area contributed by atoms with Crippen LogP contribution in [0.25, 0.3) is 23.6 Å². The summed E-state index contributed by atoms with van der Waals surface area (Å²) in [6, 6.07) is 0. The Morgan fingerprint density at radius 2 is 1.58 bits per heavy atom. The zero-order chi connectivity index (χ0) is 18.3. The van der Waals surface area contributed by atoms with E-state index < -0.39 is 0 Å². The van der Waals surface area contributed by atoms with Gasteiger partial charge in [-0.15, -0.1) is 0 Å². The fourth-order valence-electron chi connectivity index (χ4n) is 2.43. The third-order valence-electron chi connectivity index (χ3n) is 3.46. The lowest BCUT2D eigenvalue weighted by atomic mass is 10.1. The maximum absolute atomic E-state index is 12.3. The van der Waals surface area contributed by atoms with Crippen molar-refractivity contribution in [2.24, 2.45) is 0 Å². The second-order valence-electron chi connectivity index (χ2n) is 4.65. The zero-order valence-electron chi connectivity index (χ0n) is 15.6. The van der Waals surface area contributed by atoms with E-state index in [2.05, 4.69) is 4.98 Å². The van der Waals surface area contributed by atoms with Gasteiger partial charge in [-0.05, 0) is 25.8 Å². The minimum Gasteiger partial charge on any atom is -0.491 e. The van der Waals surface area contributed by atoms with Gasteiger partial charge in [-0.3, -0.25) is 4.79 Å². The van der Waals surface area contributed by atoms with Crippen molar-refractivity contribution in [2.75, 3.05) is 14.2 Å². The molecule has 0 spiro atoms. The van der Waals surface area contributed by atoms with E-state index in [9.17, 15) is 4.79 Å². The molecule has 0 aromatic rings. The summed E-state index contributed by atoms with van der Waals surface area (Å²) in [4.78, 5) is 16.8. The highest BCUT2D eigenvalue weighted by atomic mass is 16.5. The normalized spacial score (nSPS) is 11.6. The van der Waals surface area contributed by atoms with E-state index in [0.29, 0.717) is 28.2 Å². The van der Waals surface area contributed by atoms with Crippen LogP contribution in [0.3, 0.4) is 0 Å². The van der Waals surface area contributed by atoms with Crippen molar-refractivity contribution in [3.63, 3.8) is 0 Å². The van der Waals surface area contributed by atoms with Gasteiger partial charge in [0.25, 0.3) is 0 Å². The van der Waals surface area contributed by atoms with Crippen molar-refractivity contribution in [1.29, 1.82) is 0 Å². The quantitative estimate of drug-likeness (QED) is 0.846. The van der Waals surface area contributed by atoms with Crippen LogP contribution in [-0.4, -0.2) is 19.2 Å². The topological polar surface area (TPSA) is 61.6 Å². The van der Waals surface area contributed by atoms with Crippen molar-refractivity contribution in [3.8, 4) is 23.0 Å². The molecule has 0 saturated carbocycles. The number of benzene rings is 1. The molecule has 0 unspecified atom stereocenters. The lowest BCUT2D eigenvalue weighted by Gasteiger charge is -2.15. The van der Waals surface area contributed by atoms with Crippen molar-refractivity contribution in [2.45, 2.75) is 47.5 Å². The Bertz CT molecular complexity index is 821. The number of rotatable bonds is 2. The molecule has 0 fully saturated rings. The minimum atomic E-state index is -0.234. The Hall–Kier alpha value is -2.30. The fourth-order valence-corrected chi connectivity index (χ4v) is 2.43. The van der Waals surface area contributed by atoms with Gasteiger partial charge in [0.1, 0.15) is 10.8 Å². The molecule has 2 aliphatic carbocycles. The molecule has 0 atom stereocenters. The van der Waals surface area contributed by atoms with Gasteiger partial charge in [0.15, 0.2) is 17.2 Å². The third kappa shape index (κ3) is 3.45. The Kier molecular flexibility index (Phi) is 7.49. The summed E-state index contributed by atoms with van der Waals surface area (Å²) in [5, 5.41) is 0.780. The molecule has 1 aliphatic heterocycles. The lowest BCUT2D eigenvalue weighted by Crippen LogP contribution is -2.32. The van der Waals surface area contributed by atoms with Crippen LogP contribution in [0, 0.1) is 6.92 Å². The smallest absolute Gasteiger partial charge is 0.231 e. The standard InChI is InChI=1S/C15H15NO4.2C2H6/c1-8-12(17)15(19-3)14(18-2)11-13(8)20-10-7-5-4-6-9(10)16-11;2*1-2/h6-7H,4-5H2,1-3H3;2*1-2H3. The molecule has 3 rings (SSSR count). The molecule has 0 radical (unpaired) electrons. The summed E-state index contributed by atoms with van der Waals surface area (Å²) in [7, 11) is 2.93. The van der Waals surface area contributed by atoms with Crippen LogP contribution in [0.15, 0.2) is 9.21 Å². The Morgan fingerprint density at radius 1 is 1.00 bits per heavy atom. The first kappa shape index (κ1) is 19.7. The summed E-state index contributed by atoms with van der Waals surface area (Å²) in [6.07, 6.45) is 5.85. The van der Waals surface area contributed by atoms with Crippen molar-refractivity contribution in [1.82, 2.24) is 4.98 Å². The summed E-state index contributed by atoms with van der Waals surface area (Å²) >= 11 is 0. The highest BCUT2D eigenvalue weighted by molar-refractivity contribution is 5.71. The number of methoxy groups -OCH3 is 2. The molecule has 1 heterocycles. The van der Waals surface area contributed by atoms with E-state index in [-0.39, 0.29) is 11.2 Å². The molecule has 0 N–H and O–H groups in total. The Morgan fingerprint density at radius 3 is 2.17 bits per heavy atom. The molecule has 24 heavy (non-hydrogen) atoms. The number of hydrogen-bond donors (Lipinski definition) is 0. The van der Waals surface area contributed by atoms with Crippen LogP contribution < -0.4 is 25.7 Å². The first-order valence-electron chi connectivity index (χ1n) is 8.43. The van der Waals surface area contributed by atoms with E-state index in [1.807, 2.05) is 39.8 Å². The Labute approximate surface area is 143 Å². The molecule has 0 amide bonds. The summed E-state index contributed by atoms with van der Waals surface area (Å²) in [5.41, 5.74) is 1.47. The molecule has 0 saturated heterocycles. The van der Waals surface area contributed by atoms with Crippen LogP contribution in [0.5, 0.6) is 11.5 Å². The average molecular weight is 333 g/mol. The zero-order valence-corrected chi connectivity index (χ0v) is 15.6. The van der Waals surface area contributed by atoms with E-state index in [0.717, 1.165) is 18.2 Å². The molecule has 0 bridgehead atoms. The van der Waals surface area contributed by atoms with E-state index >= 15 is 0 Å². The third-order valence-corrected chi connectivity index (χ3v) is 3.46. The first-order valence-corrected chi connectivity index (χ1v) is 8.43. The van der Waals surface area contributed by atoms with Crippen LogP contribution in [0.2, 0.25) is 0 Å². The predicted octanol–water partition coefficient (Wildman–Crippen LogP) is 2.87. The number of aromatic nitrogens is 1.